The summed E-state index contributed by atoms with van der Waals surface area (Å²) in [4.78, 5) is 30.8. The summed E-state index contributed by atoms with van der Waals surface area (Å²) in [6.07, 6.45) is 10.9. The molecule has 206 valence electrons. The fourth-order valence-electron chi connectivity index (χ4n) is 6.56. The third-order valence-electron chi connectivity index (χ3n) is 8.56. The summed E-state index contributed by atoms with van der Waals surface area (Å²) in [5, 5.41) is 10.2. The fourth-order valence-corrected chi connectivity index (χ4v) is 6.56. The van der Waals surface area contributed by atoms with E-state index in [1.807, 2.05) is 31.1 Å². The van der Waals surface area contributed by atoms with Crippen molar-refractivity contribution in [2.24, 2.45) is 5.92 Å². The Balaban J connectivity index is 0.00000115. The Morgan fingerprint density at radius 3 is 2.55 bits per heavy atom. The van der Waals surface area contributed by atoms with Gasteiger partial charge in [-0.05, 0) is 50.5 Å². The van der Waals surface area contributed by atoms with Gasteiger partial charge in [0.15, 0.2) is 0 Å². The summed E-state index contributed by atoms with van der Waals surface area (Å²) >= 11 is 0. The first-order valence-electron chi connectivity index (χ1n) is 14.5. The average molecular weight is 522 g/mol. The molecule has 38 heavy (non-hydrogen) atoms. The number of nitriles is 1. The predicted molar refractivity (Wildman–Crippen MR) is 150 cm³/mol. The van der Waals surface area contributed by atoms with E-state index in [0.29, 0.717) is 30.8 Å². The van der Waals surface area contributed by atoms with Gasteiger partial charge in [-0.1, -0.05) is 13.8 Å². The third kappa shape index (κ3) is 5.43. The second-order valence-electron chi connectivity index (χ2n) is 10.6. The molecule has 1 amide bonds. The first-order valence-corrected chi connectivity index (χ1v) is 14.5. The van der Waals surface area contributed by atoms with Crippen molar-refractivity contribution >= 4 is 28.0 Å². The van der Waals surface area contributed by atoms with E-state index in [1.165, 1.54) is 0 Å². The number of carbonyl (C=O) groups excluding carboxylic acids is 1. The second kappa shape index (κ2) is 12.3. The molecular formula is C29H43N7O2. The van der Waals surface area contributed by atoms with E-state index in [4.69, 9.17) is 15.0 Å². The fraction of sp³-hybridized carbons (Fsp3) is 0.655. The molecule has 3 aromatic heterocycles. The molecule has 9 heteroatoms. The summed E-state index contributed by atoms with van der Waals surface area (Å²) in [6.45, 7) is 9.25. The van der Waals surface area contributed by atoms with Crippen molar-refractivity contribution in [1.29, 1.82) is 5.26 Å². The van der Waals surface area contributed by atoms with Crippen LogP contribution in [0.3, 0.4) is 0 Å². The monoisotopic (exact) mass is 521 g/mol. The van der Waals surface area contributed by atoms with Crippen molar-refractivity contribution in [3.8, 4) is 6.07 Å². The van der Waals surface area contributed by atoms with Gasteiger partial charge in [0.1, 0.15) is 17.0 Å². The molecular weight excluding hydrogens is 478 g/mol. The van der Waals surface area contributed by atoms with Gasteiger partial charge in [-0.2, -0.15) is 5.26 Å². The maximum absolute atomic E-state index is 13.5. The minimum atomic E-state index is 0. The SMILES string of the molecule is CC.N#CCC1CCC(n2c(CC(=O)N3CCC(N4CCOCC4)CC3)nc3cnc4[nH]ccc4c32)CC1.[HH]. The van der Waals surface area contributed by atoms with Crippen LogP contribution in [0.4, 0.5) is 0 Å². The van der Waals surface area contributed by atoms with Crippen LogP contribution < -0.4 is 0 Å². The maximum Gasteiger partial charge on any atom is 0.230 e. The van der Waals surface area contributed by atoms with Crippen molar-refractivity contribution < 1.29 is 11.0 Å². The van der Waals surface area contributed by atoms with Gasteiger partial charge in [-0.15, -0.1) is 0 Å². The van der Waals surface area contributed by atoms with Gasteiger partial charge in [0.2, 0.25) is 5.91 Å². The lowest BCUT2D eigenvalue weighted by atomic mass is 9.84. The van der Waals surface area contributed by atoms with Gasteiger partial charge in [0.25, 0.3) is 0 Å². The van der Waals surface area contributed by atoms with Crippen molar-refractivity contribution in [3.63, 3.8) is 0 Å². The molecule has 3 fully saturated rings. The van der Waals surface area contributed by atoms with Gasteiger partial charge in [0, 0.05) is 57.7 Å². The zero-order valence-corrected chi connectivity index (χ0v) is 22.9. The molecule has 9 nitrogen and oxygen atoms in total. The van der Waals surface area contributed by atoms with E-state index in [-0.39, 0.29) is 7.33 Å². The summed E-state index contributed by atoms with van der Waals surface area (Å²) in [5.74, 6) is 1.50. The number of amides is 1. The summed E-state index contributed by atoms with van der Waals surface area (Å²) in [5.41, 5.74) is 2.79. The number of aromatic nitrogens is 4. The van der Waals surface area contributed by atoms with E-state index in [0.717, 1.165) is 106 Å². The lowest BCUT2D eigenvalue weighted by Gasteiger charge is -2.40. The largest absolute Gasteiger partial charge is 0.379 e. The number of rotatable bonds is 5. The number of H-pyrrole nitrogens is 1. The number of aromatic amines is 1. The molecule has 6 rings (SSSR count). The number of fused-ring (bicyclic) bond motifs is 3. The molecule has 0 atom stereocenters. The molecule has 0 bridgehead atoms. The van der Waals surface area contributed by atoms with Crippen LogP contribution in [0.1, 0.15) is 72.1 Å². The zero-order valence-electron chi connectivity index (χ0n) is 22.9. The van der Waals surface area contributed by atoms with Crippen molar-refractivity contribution in [2.45, 2.75) is 77.3 Å². The van der Waals surface area contributed by atoms with E-state index >= 15 is 0 Å². The topological polar surface area (TPSA) is 103 Å². The Bertz CT molecular complexity index is 1260. The molecule has 1 aliphatic carbocycles. The smallest absolute Gasteiger partial charge is 0.230 e. The first-order chi connectivity index (χ1) is 18.7. The Hall–Kier alpha value is -2.96. The molecule has 1 N–H and O–H groups in total. The van der Waals surface area contributed by atoms with Gasteiger partial charge in [0.05, 0.1) is 37.4 Å². The molecule has 2 aliphatic heterocycles. The highest BCUT2D eigenvalue weighted by atomic mass is 16.5. The van der Waals surface area contributed by atoms with Crippen LogP contribution in [0.25, 0.3) is 22.1 Å². The number of nitrogens with one attached hydrogen (secondary N) is 1. The van der Waals surface area contributed by atoms with E-state index in [9.17, 15) is 4.79 Å². The molecule has 5 heterocycles. The number of nitrogens with zero attached hydrogens (tertiary/aromatic N) is 6. The van der Waals surface area contributed by atoms with Crippen LogP contribution in [0.5, 0.6) is 0 Å². The molecule has 0 unspecified atom stereocenters. The standard InChI is InChI=1S/C27H35N7O2.C2H6.H2/c28-9-5-19-1-3-21(4-2-19)34-24(31-23-18-30-27-22(26(23)34)6-10-29-27)17-25(35)33-11-7-20(8-12-33)32-13-15-36-16-14-32;1-2;/h6,10,18-21H,1-5,7-8,11-17H2,(H,29,30);1-2H3;1H. The summed E-state index contributed by atoms with van der Waals surface area (Å²) in [6, 6.07) is 5.25. The number of ether oxygens (including phenoxy) is 1. The molecule has 3 aliphatic rings. The van der Waals surface area contributed by atoms with Crippen LogP contribution in [0.2, 0.25) is 0 Å². The first kappa shape index (κ1) is 26.6. The number of likely N-dealkylation sites (tertiary alicyclic amines) is 1. The quantitative estimate of drug-likeness (QED) is 0.522. The minimum Gasteiger partial charge on any atom is -0.379 e. The highest BCUT2D eigenvalue weighted by Crippen LogP contribution is 2.38. The van der Waals surface area contributed by atoms with E-state index in [1.54, 1.807) is 0 Å². The lowest BCUT2D eigenvalue weighted by molar-refractivity contribution is -0.132. The number of pyridine rings is 1. The van der Waals surface area contributed by atoms with Crippen LogP contribution in [-0.4, -0.2) is 80.7 Å². The molecule has 1 saturated carbocycles. The number of hydrogen-bond donors (Lipinski definition) is 1. The maximum atomic E-state index is 13.5. The molecule has 0 radical (unpaired) electrons. The van der Waals surface area contributed by atoms with E-state index in [2.05, 4.69) is 31.6 Å². The summed E-state index contributed by atoms with van der Waals surface area (Å²) in [7, 11) is 0. The normalized spacial score (nSPS) is 23.2. The molecule has 3 aromatic rings. The van der Waals surface area contributed by atoms with Crippen LogP contribution in [-0.2, 0) is 16.0 Å². The molecule has 0 spiro atoms. The Kier molecular flexibility index (Phi) is 8.60. The number of morpholine rings is 1. The Morgan fingerprint density at radius 1 is 1.11 bits per heavy atom. The molecule has 2 saturated heterocycles. The second-order valence-corrected chi connectivity index (χ2v) is 10.6. The lowest BCUT2D eigenvalue weighted by Crippen LogP contribution is -2.50. The zero-order chi connectivity index (χ0) is 26.5. The number of hydrogen-bond acceptors (Lipinski definition) is 6. The summed E-state index contributed by atoms with van der Waals surface area (Å²) < 4.78 is 7.85. The van der Waals surface area contributed by atoms with Crippen molar-refractivity contribution in [3.05, 3.63) is 24.3 Å². The molecule has 0 aromatic carbocycles. The van der Waals surface area contributed by atoms with Gasteiger partial charge in [-0.25, -0.2) is 9.97 Å². The third-order valence-corrected chi connectivity index (χ3v) is 8.56. The van der Waals surface area contributed by atoms with Gasteiger partial charge in [-0.3, -0.25) is 9.69 Å². The van der Waals surface area contributed by atoms with Gasteiger partial charge >= 0.3 is 0 Å². The number of piperidine rings is 1. The Labute approximate surface area is 226 Å². The average Bonchev–Trinajstić information content (AvgIpc) is 3.60. The van der Waals surface area contributed by atoms with E-state index < -0.39 is 0 Å². The highest BCUT2D eigenvalue weighted by Gasteiger charge is 2.31. The predicted octanol–water partition coefficient (Wildman–Crippen LogP) is 4.70. The van der Waals surface area contributed by atoms with Crippen LogP contribution in [0, 0.1) is 17.2 Å². The van der Waals surface area contributed by atoms with Crippen LogP contribution >= 0.6 is 0 Å². The minimum absolute atomic E-state index is 0. The van der Waals surface area contributed by atoms with Crippen molar-refractivity contribution in [2.75, 3.05) is 39.4 Å². The number of carbonyl (C=O) groups is 1. The van der Waals surface area contributed by atoms with Gasteiger partial charge < -0.3 is 19.2 Å². The highest BCUT2D eigenvalue weighted by molar-refractivity contribution is 6.01. The Morgan fingerprint density at radius 2 is 1.84 bits per heavy atom. The number of imidazole rings is 1. The van der Waals surface area contributed by atoms with Crippen molar-refractivity contribution in [1.82, 2.24) is 29.3 Å². The van der Waals surface area contributed by atoms with Crippen LogP contribution in [0.15, 0.2) is 18.5 Å².